The first-order valence-electron chi connectivity index (χ1n) is 23.9. The van der Waals surface area contributed by atoms with Gasteiger partial charge in [-0.2, -0.15) is 0 Å². The first-order valence-corrected chi connectivity index (χ1v) is 23.9. The van der Waals surface area contributed by atoms with E-state index in [1.807, 2.05) is 0 Å². The highest BCUT2D eigenvalue weighted by Crippen LogP contribution is 2.27. The number of hydrogen-bond donors (Lipinski definition) is 0. The summed E-state index contributed by atoms with van der Waals surface area (Å²) >= 11 is 0. The number of unbranched alkanes of at least 4 members (excludes halogenated alkanes) is 10. The van der Waals surface area contributed by atoms with Gasteiger partial charge in [-0.3, -0.25) is 0 Å². The van der Waals surface area contributed by atoms with Crippen molar-refractivity contribution in [3.8, 4) is 0 Å². The largest absolute Gasteiger partial charge is 0.0654 e. The van der Waals surface area contributed by atoms with Crippen molar-refractivity contribution in [2.75, 3.05) is 0 Å². The molecule has 0 amide bonds. The van der Waals surface area contributed by atoms with Crippen LogP contribution in [-0.4, -0.2) is 0 Å². The third-order valence-electron chi connectivity index (χ3n) is 12.2. The van der Waals surface area contributed by atoms with Crippen molar-refractivity contribution in [2.45, 2.75) is 276 Å². The third kappa shape index (κ3) is 40.8. The van der Waals surface area contributed by atoms with Gasteiger partial charge in [-0.25, -0.2) is 0 Å². The van der Waals surface area contributed by atoms with E-state index < -0.39 is 0 Å². The molecule has 0 aromatic rings. The zero-order valence-electron chi connectivity index (χ0n) is 37.8. The standard InChI is InChI=1S/2C25H52/c1-7-8-9-10-11-12-16-24(5)20-21-25(6)19-14-18-23(4)17-13-15-22(2)3;1-7-9-10-11-12-13-17-24(6)21-25(8-2)20-15-19-23(5)18-14-16-22(3)4/h2*22-25H,7-21H2,1-6H3. The Morgan fingerprint density at radius 2 is 0.560 bits per heavy atom. The Hall–Kier alpha value is 0. The lowest BCUT2D eigenvalue weighted by Crippen LogP contribution is -2.07. The molecule has 0 rings (SSSR count). The fraction of sp³-hybridized carbons (Fsp3) is 1.00. The zero-order chi connectivity index (χ0) is 37.8. The third-order valence-corrected chi connectivity index (χ3v) is 12.2. The van der Waals surface area contributed by atoms with Crippen LogP contribution in [0.4, 0.5) is 0 Å². The van der Waals surface area contributed by atoms with E-state index in [-0.39, 0.29) is 0 Å². The van der Waals surface area contributed by atoms with Gasteiger partial charge in [0.1, 0.15) is 0 Å². The predicted octanol–water partition coefficient (Wildman–Crippen LogP) is 18.8. The van der Waals surface area contributed by atoms with Gasteiger partial charge in [0.15, 0.2) is 0 Å². The van der Waals surface area contributed by atoms with E-state index in [4.69, 9.17) is 0 Å². The predicted molar refractivity (Wildman–Crippen MR) is 235 cm³/mol. The molecular weight excluding hydrogens is 601 g/mol. The summed E-state index contributed by atoms with van der Waals surface area (Å²) in [4.78, 5) is 0. The van der Waals surface area contributed by atoms with Gasteiger partial charge < -0.3 is 0 Å². The van der Waals surface area contributed by atoms with Gasteiger partial charge in [-0.15, -0.1) is 0 Å². The molecule has 0 radical (unpaired) electrons. The SMILES string of the molecule is CCCCCCCCC(C)CC(CC)CCCC(C)CCCC(C)C.CCCCCCCCC(C)CCC(C)CCCC(C)CCCC(C)C. The van der Waals surface area contributed by atoms with E-state index in [0.29, 0.717) is 0 Å². The van der Waals surface area contributed by atoms with E-state index >= 15 is 0 Å². The first-order chi connectivity index (χ1) is 23.9. The second-order valence-corrected chi connectivity index (χ2v) is 19.2. The zero-order valence-corrected chi connectivity index (χ0v) is 37.8. The lowest BCUT2D eigenvalue weighted by atomic mass is 9.85. The molecule has 0 saturated carbocycles. The summed E-state index contributed by atoms with van der Waals surface area (Å²) in [5.74, 6) is 7.46. The van der Waals surface area contributed by atoms with E-state index in [1.165, 1.54) is 193 Å². The molecule has 0 spiro atoms. The lowest BCUT2D eigenvalue weighted by Gasteiger charge is -2.21. The van der Waals surface area contributed by atoms with Crippen LogP contribution in [0, 0.1) is 47.3 Å². The minimum atomic E-state index is 0.879. The van der Waals surface area contributed by atoms with Crippen LogP contribution in [0.15, 0.2) is 0 Å². The van der Waals surface area contributed by atoms with E-state index in [9.17, 15) is 0 Å². The molecule has 50 heavy (non-hydrogen) atoms. The molecule has 0 nitrogen and oxygen atoms in total. The van der Waals surface area contributed by atoms with Gasteiger partial charge in [0.05, 0.1) is 0 Å². The molecular formula is C50H104. The average molecular weight is 705 g/mol. The highest BCUT2D eigenvalue weighted by molar-refractivity contribution is 4.66. The van der Waals surface area contributed by atoms with Gasteiger partial charge in [-0.1, -0.05) is 269 Å². The molecule has 0 saturated heterocycles. The summed E-state index contributed by atoms with van der Waals surface area (Å²) in [6, 6.07) is 0. The fourth-order valence-electron chi connectivity index (χ4n) is 8.19. The molecule has 0 aromatic heterocycles. The Morgan fingerprint density at radius 3 is 0.940 bits per heavy atom. The van der Waals surface area contributed by atoms with Crippen molar-refractivity contribution in [2.24, 2.45) is 47.3 Å². The van der Waals surface area contributed by atoms with Gasteiger partial charge in [0.25, 0.3) is 0 Å². The van der Waals surface area contributed by atoms with Gasteiger partial charge in [-0.05, 0) is 53.8 Å². The van der Waals surface area contributed by atoms with Crippen molar-refractivity contribution in [1.29, 1.82) is 0 Å². The first kappa shape index (κ1) is 52.1. The van der Waals surface area contributed by atoms with Gasteiger partial charge in [0, 0.05) is 0 Å². The molecule has 0 fully saturated rings. The van der Waals surface area contributed by atoms with Crippen LogP contribution in [0.2, 0.25) is 0 Å². The lowest BCUT2D eigenvalue weighted by molar-refractivity contribution is 0.319. The Labute approximate surface area is 322 Å². The maximum Gasteiger partial charge on any atom is -0.0414 e. The van der Waals surface area contributed by atoms with Crippen LogP contribution in [0.5, 0.6) is 0 Å². The molecule has 0 aliphatic rings. The van der Waals surface area contributed by atoms with E-state index in [2.05, 4.69) is 83.1 Å². The van der Waals surface area contributed by atoms with Crippen LogP contribution in [-0.2, 0) is 0 Å². The highest BCUT2D eigenvalue weighted by atomic mass is 14.2. The Balaban J connectivity index is 0. The second-order valence-electron chi connectivity index (χ2n) is 19.2. The molecule has 0 heterocycles. The molecule has 0 bridgehead atoms. The molecule has 0 heteroatoms. The van der Waals surface area contributed by atoms with Crippen LogP contribution in [0.1, 0.15) is 276 Å². The van der Waals surface area contributed by atoms with Crippen LogP contribution >= 0.6 is 0 Å². The van der Waals surface area contributed by atoms with E-state index in [1.54, 1.807) is 0 Å². The van der Waals surface area contributed by atoms with Crippen molar-refractivity contribution >= 4 is 0 Å². The van der Waals surface area contributed by atoms with Crippen molar-refractivity contribution in [3.63, 3.8) is 0 Å². The highest BCUT2D eigenvalue weighted by Gasteiger charge is 2.13. The summed E-state index contributed by atoms with van der Waals surface area (Å²) in [7, 11) is 0. The molecule has 0 N–H and O–H groups in total. The minimum absolute atomic E-state index is 0.879. The Morgan fingerprint density at radius 1 is 0.260 bits per heavy atom. The fourth-order valence-corrected chi connectivity index (χ4v) is 8.19. The maximum atomic E-state index is 2.50. The van der Waals surface area contributed by atoms with Crippen molar-refractivity contribution in [1.82, 2.24) is 0 Å². The normalized spacial score (nSPS) is 15.5. The molecule has 6 unspecified atom stereocenters. The van der Waals surface area contributed by atoms with Crippen LogP contribution in [0.3, 0.4) is 0 Å². The van der Waals surface area contributed by atoms with E-state index in [0.717, 1.165) is 47.3 Å². The summed E-state index contributed by atoms with van der Waals surface area (Å²) in [5.41, 5.74) is 0. The monoisotopic (exact) mass is 705 g/mol. The van der Waals surface area contributed by atoms with Crippen molar-refractivity contribution < 1.29 is 0 Å². The second kappa shape index (κ2) is 38.7. The maximum absolute atomic E-state index is 2.50. The summed E-state index contributed by atoms with van der Waals surface area (Å²) in [6.45, 7) is 28.8. The number of hydrogen-bond acceptors (Lipinski definition) is 0. The minimum Gasteiger partial charge on any atom is -0.0654 e. The summed E-state index contributed by atoms with van der Waals surface area (Å²) in [5, 5.41) is 0. The smallest absolute Gasteiger partial charge is 0.0414 e. The van der Waals surface area contributed by atoms with Gasteiger partial charge >= 0.3 is 0 Å². The summed E-state index contributed by atoms with van der Waals surface area (Å²) < 4.78 is 0. The molecule has 0 aliphatic heterocycles. The molecule has 6 atom stereocenters. The number of rotatable bonds is 36. The summed E-state index contributed by atoms with van der Waals surface area (Å²) in [6.07, 6.45) is 43.4. The Bertz CT molecular complexity index is 618. The van der Waals surface area contributed by atoms with Gasteiger partial charge in [0.2, 0.25) is 0 Å². The van der Waals surface area contributed by atoms with Crippen LogP contribution in [0.25, 0.3) is 0 Å². The quantitative estimate of drug-likeness (QED) is 0.0570. The average Bonchev–Trinajstić information content (AvgIpc) is 3.06. The molecule has 304 valence electrons. The Kier molecular flexibility index (Phi) is 40.3. The molecule has 0 aromatic carbocycles. The topological polar surface area (TPSA) is 0 Å². The molecule has 0 aliphatic carbocycles. The van der Waals surface area contributed by atoms with Crippen molar-refractivity contribution in [3.05, 3.63) is 0 Å². The van der Waals surface area contributed by atoms with Crippen LogP contribution < -0.4 is 0 Å².